The molecule has 0 aliphatic carbocycles. The number of nitrogens with zero attached hydrogens (tertiary/aromatic N) is 1. The Balaban J connectivity index is 0.000000385. The predicted molar refractivity (Wildman–Crippen MR) is 52.9 cm³/mol. The van der Waals surface area contributed by atoms with Crippen LogP contribution in [0.25, 0.3) is 0 Å². The van der Waals surface area contributed by atoms with Gasteiger partial charge in [0.2, 0.25) is 0 Å². The van der Waals surface area contributed by atoms with Crippen molar-refractivity contribution >= 4 is 10.4 Å². The lowest BCUT2D eigenvalue weighted by atomic mass is 10.2. The lowest BCUT2D eigenvalue weighted by Crippen LogP contribution is -2.22. The van der Waals surface area contributed by atoms with Gasteiger partial charge in [-0.3, -0.25) is 9.11 Å². The number of hydrogen-bond acceptors (Lipinski definition) is 3. The summed E-state index contributed by atoms with van der Waals surface area (Å²) < 4.78 is 31.6. The Morgan fingerprint density at radius 1 is 1.19 bits per heavy atom. The van der Waals surface area contributed by atoms with E-state index in [2.05, 4.69) is 5.43 Å². The summed E-state index contributed by atoms with van der Waals surface area (Å²) >= 11 is 0. The van der Waals surface area contributed by atoms with Crippen molar-refractivity contribution in [3.05, 3.63) is 40.8 Å². The molecule has 1 aromatic carbocycles. The van der Waals surface area contributed by atoms with Gasteiger partial charge >= 0.3 is 15.4 Å². The van der Waals surface area contributed by atoms with Crippen LogP contribution in [0.1, 0.15) is 5.56 Å². The fraction of sp³-hybridized carbons (Fsp3) is 0.143. The van der Waals surface area contributed by atoms with Crippen LogP contribution in [0.2, 0.25) is 0 Å². The van der Waals surface area contributed by atoms with E-state index in [9.17, 15) is 4.91 Å². The zero-order valence-corrected chi connectivity index (χ0v) is 8.83. The number of benzene rings is 1. The molecular weight excluding hydrogens is 240 g/mol. The fourth-order valence-electron chi connectivity index (χ4n) is 0.755. The maximum atomic E-state index is 9.98. The van der Waals surface area contributed by atoms with Crippen molar-refractivity contribution < 1.29 is 27.8 Å². The van der Waals surface area contributed by atoms with Crippen LogP contribution < -0.4 is 5.43 Å². The highest BCUT2D eigenvalue weighted by molar-refractivity contribution is 7.79. The molecule has 0 saturated heterocycles. The van der Waals surface area contributed by atoms with Crippen LogP contribution in [0.5, 0.6) is 0 Å². The summed E-state index contributed by atoms with van der Waals surface area (Å²) in [4.78, 5) is 9.98. The molecule has 0 heterocycles. The third-order valence-electron chi connectivity index (χ3n) is 1.26. The number of hydrogen-bond donors (Lipinski definition) is 4. The van der Waals surface area contributed by atoms with Gasteiger partial charge in [0.05, 0.1) is 0 Å². The van der Waals surface area contributed by atoms with Gasteiger partial charge in [-0.25, -0.2) is 5.21 Å². The lowest BCUT2D eigenvalue weighted by Gasteiger charge is -1.92. The molecule has 0 aliphatic rings. The molecule has 9 heteroatoms. The van der Waals surface area contributed by atoms with Gasteiger partial charge in [0.1, 0.15) is 11.5 Å². The first kappa shape index (κ1) is 14.3. The van der Waals surface area contributed by atoms with Crippen molar-refractivity contribution in [2.75, 3.05) is 0 Å². The first-order valence-electron chi connectivity index (χ1n) is 3.92. The molecule has 16 heavy (non-hydrogen) atoms. The third-order valence-corrected chi connectivity index (χ3v) is 1.26. The molecular formula is C7H11N2O6S+. The fourth-order valence-corrected chi connectivity index (χ4v) is 0.755. The van der Waals surface area contributed by atoms with Crippen molar-refractivity contribution in [1.29, 1.82) is 0 Å². The first-order valence-corrected chi connectivity index (χ1v) is 5.32. The Morgan fingerprint density at radius 2 is 1.62 bits per heavy atom. The highest BCUT2D eigenvalue weighted by Crippen LogP contribution is 1.96. The van der Waals surface area contributed by atoms with Crippen LogP contribution in [-0.4, -0.2) is 27.8 Å². The smallest absolute Gasteiger partial charge is 0.264 e. The van der Waals surface area contributed by atoms with Gasteiger partial charge in [-0.15, -0.1) is 0 Å². The molecule has 0 bridgehead atoms. The summed E-state index contributed by atoms with van der Waals surface area (Å²) in [7, 11) is -4.67. The molecule has 90 valence electrons. The van der Waals surface area contributed by atoms with Crippen molar-refractivity contribution in [1.82, 2.24) is 5.43 Å². The SMILES string of the molecule is O=S(=O)(O)O.O=[N+](O)NCc1ccccc1. The van der Waals surface area contributed by atoms with Crippen molar-refractivity contribution in [2.24, 2.45) is 0 Å². The molecule has 0 fully saturated rings. The molecule has 0 spiro atoms. The Kier molecular flexibility index (Phi) is 6.00. The zero-order chi connectivity index (χ0) is 12.6. The number of rotatable bonds is 3. The van der Waals surface area contributed by atoms with Crippen LogP contribution in [0.3, 0.4) is 0 Å². The standard InChI is InChI=1S/C7H9N2O2.H2O4S/c10-9(11)8-6-7-4-2-1-3-5-7;1-5(2,3)4/h1-5,8H,6H2,(H,10,11);(H2,1,2,3,4)/q+1;. The Bertz CT molecular complexity index is 410. The van der Waals surface area contributed by atoms with Crippen molar-refractivity contribution in [2.45, 2.75) is 6.54 Å². The quantitative estimate of drug-likeness (QED) is 0.446. The predicted octanol–water partition coefficient (Wildman–Crippen LogP) is 0.207. The van der Waals surface area contributed by atoms with E-state index in [-0.39, 0.29) is 5.03 Å². The summed E-state index contributed by atoms with van der Waals surface area (Å²) in [5.41, 5.74) is 3.14. The minimum absolute atomic E-state index is 0.299. The van der Waals surface area contributed by atoms with E-state index in [1.165, 1.54) is 0 Å². The van der Waals surface area contributed by atoms with Crippen LogP contribution in [0.15, 0.2) is 30.3 Å². The monoisotopic (exact) mass is 251 g/mol. The summed E-state index contributed by atoms with van der Waals surface area (Å²) in [5, 5.41) is 7.88. The van der Waals surface area contributed by atoms with E-state index in [4.69, 9.17) is 22.7 Å². The van der Waals surface area contributed by atoms with E-state index in [1.54, 1.807) is 0 Å². The maximum Gasteiger partial charge on any atom is 0.394 e. The summed E-state index contributed by atoms with van der Waals surface area (Å²) in [6.45, 7) is 0.334. The normalized spacial score (nSPS) is 9.88. The molecule has 0 unspecified atom stereocenters. The minimum atomic E-state index is -4.67. The second kappa shape index (κ2) is 6.71. The summed E-state index contributed by atoms with van der Waals surface area (Å²) in [6, 6.07) is 9.33. The zero-order valence-electron chi connectivity index (χ0n) is 8.02. The molecule has 8 nitrogen and oxygen atoms in total. The van der Waals surface area contributed by atoms with Crippen LogP contribution in [0, 0.1) is 4.91 Å². The highest BCUT2D eigenvalue weighted by Gasteiger charge is 1.99. The molecule has 1 rings (SSSR count). The van der Waals surface area contributed by atoms with E-state index < -0.39 is 10.4 Å². The van der Waals surface area contributed by atoms with Gasteiger partial charge in [-0.2, -0.15) is 8.42 Å². The Labute approximate surface area is 91.6 Å². The molecule has 4 N–H and O–H groups in total. The van der Waals surface area contributed by atoms with E-state index in [0.29, 0.717) is 6.54 Å². The van der Waals surface area contributed by atoms with Crippen LogP contribution in [-0.2, 0) is 16.9 Å². The molecule has 0 aliphatic heterocycles. The minimum Gasteiger partial charge on any atom is -0.264 e. The van der Waals surface area contributed by atoms with Crippen LogP contribution >= 0.6 is 0 Å². The number of nitrogens with one attached hydrogen (secondary N) is 1. The van der Waals surface area contributed by atoms with E-state index >= 15 is 0 Å². The Hall–Kier alpha value is -1.71. The molecule has 0 atom stereocenters. The third kappa shape index (κ3) is 12.3. The van der Waals surface area contributed by atoms with E-state index in [0.717, 1.165) is 5.56 Å². The van der Waals surface area contributed by atoms with Crippen molar-refractivity contribution in [3.8, 4) is 0 Å². The molecule has 0 aromatic heterocycles. The van der Waals surface area contributed by atoms with Gasteiger partial charge in [0.15, 0.2) is 0 Å². The maximum absolute atomic E-state index is 9.98. The molecule has 1 aromatic rings. The lowest BCUT2D eigenvalue weighted by molar-refractivity contribution is -0.834. The largest absolute Gasteiger partial charge is 0.394 e. The van der Waals surface area contributed by atoms with Crippen LogP contribution in [0.4, 0.5) is 0 Å². The molecule has 0 amide bonds. The van der Waals surface area contributed by atoms with Gasteiger partial charge in [-0.1, -0.05) is 35.8 Å². The van der Waals surface area contributed by atoms with Gasteiger partial charge < -0.3 is 0 Å². The van der Waals surface area contributed by atoms with E-state index in [1.807, 2.05) is 30.3 Å². The second-order valence-corrected chi connectivity index (χ2v) is 3.44. The average molecular weight is 251 g/mol. The molecule has 0 radical (unpaired) electrons. The Morgan fingerprint density at radius 3 is 2.00 bits per heavy atom. The number of hydrazine groups is 1. The average Bonchev–Trinajstić information content (AvgIpc) is 2.14. The highest BCUT2D eigenvalue weighted by atomic mass is 32.3. The van der Waals surface area contributed by atoms with Gasteiger partial charge in [0.25, 0.3) is 0 Å². The summed E-state index contributed by atoms with van der Waals surface area (Å²) in [6.07, 6.45) is 0. The topological polar surface area (TPSA) is 127 Å². The second-order valence-electron chi connectivity index (χ2n) is 2.54. The molecule has 0 saturated carbocycles. The summed E-state index contributed by atoms with van der Waals surface area (Å²) in [5.74, 6) is 0. The van der Waals surface area contributed by atoms with Crippen molar-refractivity contribution in [3.63, 3.8) is 0 Å². The van der Waals surface area contributed by atoms with Gasteiger partial charge in [0, 0.05) is 0 Å². The first-order chi connectivity index (χ1) is 7.29. The van der Waals surface area contributed by atoms with Gasteiger partial charge in [-0.05, 0) is 5.56 Å².